The summed E-state index contributed by atoms with van der Waals surface area (Å²) in [6.45, 7) is 5.95. The van der Waals surface area contributed by atoms with Gasteiger partial charge in [0.15, 0.2) is 5.82 Å². The summed E-state index contributed by atoms with van der Waals surface area (Å²) in [5.41, 5.74) is 0. The van der Waals surface area contributed by atoms with Gasteiger partial charge in [-0.25, -0.2) is 0 Å². The Labute approximate surface area is 88.6 Å². The second-order valence-electron chi connectivity index (χ2n) is 3.16. The number of nitrogens with zero attached hydrogens (tertiary/aromatic N) is 2. The molecule has 0 aliphatic heterocycles. The number of hydrogen-bond donors (Lipinski definition) is 1. The van der Waals surface area contributed by atoms with Crippen molar-refractivity contribution in [2.45, 2.75) is 26.2 Å². The zero-order chi connectivity index (χ0) is 11.1. The minimum Gasteiger partial charge on any atom is -0.356 e. The van der Waals surface area contributed by atoms with E-state index in [4.69, 9.17) is 4.52 Å². The number of aryl methyl sites for hydroxylation is 2. The summed E-state index contributed by atoms with van der Waals surface area (Å²) >= 11 is 0. The summed E-state index contributed by atoms with van der Waals surface area (Å²) in [5, 5.41) is 6.40. The fraction of sp³-hybridized carbons (Fsp3) is 0.500. The Hall–Kier alpha value is -1.65. The van der Waals surface area contributed by atoms with Crippen LogP contribution in [0.5, 0.6) is 0 Å². The van der Waals surface area contributed by atoms with Gasteiger partial charge in [-0.15, -0.1) is 6.58 Å². The SMILES string of the molecule is C=CCCNC(=O)CCc1nc(C)no1. The van der Waals surface area contributed by atoms with E-state index in [0.29, 0.717) is 31.1 Å². The van der Waals surface area contributed by atoms with Crippen LogP contribution in [0.15, 0.2) is 17.2 Å². The zero-order valence-corrected chi connectivity index (χ0v) is 8.82. The summed E-state index contributed by atoms with van der Waals surface area (Å²) in [7, 11) is 0. The van der Waals surface area contributed by atoms with Gasteiger partial charge in [-0.1, -0.05) is 11.2 Å². The third kappa shape index (κ3) is 4.39. The molecular weight excluding hydrogens is 194 g/mol. The molecule has 0 radical (unpaired) electrons. The lowest BCUT2D eigenvalue weighted by molar-refractivity contribution is -0.121. The van der Waals surface area contributed by atoms with Crippen LogP contribution in [0, 0.1) is 6.92 Å². The molecule has 1 amide bonds. The van der Waals surface area contributed by atoms with Crippen molar-refractivity contribution in [3.05, 3.63) is 24.4 Å². The molecular formula is C10H15N3O2. The molecule has 0 unspecified atom stereocenters. The molecule has 0 aliphatic rings. The molecule has 82 valence electrons. The van der Waals surface area contributed by atoms with Crippen LogP contribution in [0.25, 0.3) is 0 Å². The van der Waals surface area contributed by atoms with E-state index in [9.17, 15) is 4.79 Å². The van der Waals surface area contributed by atoms with Gasteiger partial charge in [0.25, 0.3) is 0 Å². The molecule has 0 fully saturated rings. The predicted octanol–water partition coefficient (Wildman–Crippen LogP) is 1.00. The van der Waals surface area contributed by atoms with Crippen LogP contribution in [0.1, 0.15) is 24.6 Å². The number of aromatic nitrogens is 2. The van der Waals surface area contributed by atoms with Crippen LogP contribution < -0.4 is 5.32 Å². The van der Waals surface area contributed by atoms with Gasteiger partial charge in [-0.3, -0.25) is 4.79 Å². The van der Waals surface area contributed by atoms with E-state index >= 15 is 0 Å². The van der Waals surface area contributed by atoms with E-state index in [1.165, 1.54) is 0 Å². The highest BCUT2D eigenvalue weighted by atomic mass is 16.5. The van der Waals surface area contributed by atoms with E-state index in [1.807, 2.05) is 0 Å². The topological polar surface area (TPSA) is 68.0 Å². The largest absolute Gasteiger partial charge is 0.356 e. The first-order chi connectivity index (χ1) is 7.22. The maximum atomic E-state index is 11.3. The van der Waals surface area contributed by atoms with Gasteiger partial charge in [-0.05, 0) is 13.3 Å². The summed E-state index contributed by atoms with van der Waals surface area (Å²) in [6, 6.07) is 0. The van der Waals surface area contributed by atoms with Gasteiger partial charge in [0, 0.05) is 19.4 Å². The van der Waals surface area contributed by atoms with E-state index in [1.54, 1.807) is 13.0 Å². The van der Waals surface area contributed by atoms with Gasteiger partial charge in [0.05, 0.1) is 0 Å². The highest BCUT2D eigenvalue weighted by Crippen LogP contribution is 1.99. The van der Waals surface area contributed by atoms with Gasteiger partial charge >= 0.3 is 0 Å². The molecule has 5 nitrogen and oxygen atoms in total. The number of nitrogens with one attached hydrogen (secondary N) is 1. The minimum atomic E-state index is -0.00676. The van der Waals surface area contributed by atoms with Gasteiger partial charge < -0.3 is 9.84 Å². The number of carbonyl (C=O) groups is 1. The molecule has 0 bridgehead atoms. The van der Waals surface area contributed by atoms with Gasteiger partial charge in [0.1, 0.15) is 0 Å². The Bertz CT molecular complexity index is 333. The molecule has 5 heteroatoms. The van der Waals surface area contributed by atoms with E-state index in [-0.39, 0.29) is 5.91 Å². The van der Waals surface area contributed by atoms with Crippen LogP contribution in [0.3, 0.4) is 0 Å². The Morgan fingerprint density at radius 1 is 1.67 bits per heavy atom. The molecule has 1 aromatic rings. The first-order valence-electron chi connectivity index (χ1n) is 4.89. The van der Waals surface area contributed by atoms with Gasteiger partial charge in [-0.2, -0.15) is 4.98 Å². The average molecular weight is 209 g/mol. The molecule has 0 aliphatic carbocycles. The maximum Gasteiger partial charge on any atom is 0.227 e. The van der Waals surface area contributed by atoms with Crippen molar-refractivity contribution in [2.24, 2.45) is 0 Å². The van der Waals surface area contributed by atoms with Crippen LogP contribution in [0.2, 0.25) is 0 Å². The molecule has 0 saturated heterocycles. The molecule has 0 spiro atoms. The highest BCUT2D eigenvalue weighted by Gasteiger charge is 2.06. The first kappa shape index (κ1) is 11.4. The second kappa shape index (κ2) is 5.95. The molecule has 1 rings (SSSR count). The van der Waals surface area contributed by atoms with Gasteiger partial charge in [0.2, 0.25) is 11.8 Å². The summed E-state index contributed by atoms with van der Waals surface area (Å²) in [6.07, 6.45) is 3.41. The molecule has 0 saturated carbocycles. The van der Waals surface area contributed by atoms with Crippen molar-refractivity contribution in [1.82, 2.24) is 15.5 Å². The second-order valence-corrected chi connectivity index (χ2v) is 3.16. The average Bonchev–Trinajstić information content (AvgIpc) is 2.62. The van der Waals surface area contributed by atoms with Crippen LogP contribution in [-0.4, -0.2) is 22.6 Å². The number of hydrogen-bond acceptors (Lipinski definition) is 4. The lowest BCUT2D eigenvalue weighted by Crippen LogP contribution is -2.24. The molecule has 1 heterocycles. The number of amides is 1. The minimum absolute atomic E-state index is 0.00676. The molecule has 15 heavy (non-hydrogen) atoms. The Kier molecular flexibility index (Phi) is 4.53. The van der Waals surface area contributed by atoms with Crippen molar-refractivity contribution in [3.8, 4) is 0 Å². The van der Waals surface area contributed by atoms with Crippen molar-refractivity contribution in [1.29, 1.82) is 0 Å². The smallest absolute Gasteiger partial charge is 0.227 e. The lowest BCUT2D eigenvalue weighted by Gasteiger charge is -2.00. The van der Waals surface area contributed by atoms with Crippen LogP contribution >= 0.6 is 0 Å². The third-order valence-corrected chi connectivity index (χ3v) is 1.81. The number of rotatable bonds is 6. The molecule has 0 atom stereocenters. The van der Waals surface area contributed by atoms with E-state index < -0.39 is 0 Å². The Balaban J connectivity index is 2.19. The maximum absolute atomic E-state index is 11.3. The van der Waals surface area contributed by atoms with Crippen molar-refractivity contribution in [2.75, 3.05) is 6.54 Å². The summed E-state index contributed by atoms with van der Waals surface area (Å²) in [4.78, 5) is 15.3. The van der Waals surface area contributed by atoms with Crippen molar-refractivity contribution in [3.63, 3.8) is 0 Å². The Morgan fingerprint density at radius 3 is 3.07 bits per heavy atom. The highest BCUT2D eigenvalue weighted by molar-refractivity contribution is 5.75. The monoisotopic (exact) mass is 209 g/mol. The summed E-state index contributed by atoms with van der Waals surface area (Å²) < 4.78 is 4.88. The van der Waals surface area contributed by atoms with E-state index in [0.717, 1.165) is 6.42 Å². The first-order valence-corrected chi connectivity index (χ1v) is 4.89. The standard InChI is InChI=1S/C10H15N3O2/c1-3-4-7-11-9(14)5-6-10-12-8(2)13-15-10/h3H,1,4-7H2,2H3,(H,11,14). The van der Waals surface area contributed by atoms with Crippen LogP contribution in [0.4, 0.5) is 0 Å². The Morgan fingerprint density at radius 2 is 2.47 bits per heavy atom. The zero-order valence-electron chi connectivity index (χ0n) is 8.82. The normalized spacial score (nSPS) is 9.93. The predicted molar refractivity (Wildman–Crippen MR) is 55.2 cm³/mol. The van der Waals surface area contributed by atoms with Crippen molar-refractivity contribution < 1.29 is 9.32 Å². The van der Waals surface area contributed by atoms with Crippen molar-refractivity contribution >= 4 is 5.91 Å². The third-order valence-electron chi connectivity index (χ3n) is 1.81. The molecule has 1 N–H and O–H groups in total. The molecule has 0 aromatic carbocycles. The fourth-order valence-corrected chi connectivity index (χ4v) is 1.06. The quantitative estimate of drug-likeness (QED) is 0.560. The number of carbonyl (C=O) groups excluding carboxylic acids is 1. The van der Waals surface area contributed by atoms with E-state index in [2.05, 4.69) is 22.0 Å². The fourth-order valence-electron chi connectivity index (χ4n) is 1.06. The molecule has 1 aromatic heterocycles. The lowest BCUT2D eigenvalue weighted by atomic mass is 10.3. The summed E-state index contributed by atoms with van der Waals surface area (Å²) in [5.74, 6) is 1.09. The van der Waals surface area contributed by atoms with Crippen LogP contribution in [-0.2, 0) is 11.2 Å².